The number of H-pyrrole nitrogens is 1. The van der Waals surface area contributed by atoms with Crippen molar-refractivity contribution in [3.8, 4) is 0 Å². The fraction of sp³-hybridized carbons (Fsp3) is 0.385. The first-order valence-electron chi connectivity index (χ1n) is 11.3. The fourth-order valence-electron chi connectivity index (χ4n) is 4.30. The third-order valence-corrected chi connectivity index (χ3v) is 6.63. The second-order valence-electron chi connectivity index (χ2n) is 8.71. The average Bonchev–Trinajstić information content (AvgIpc) is 3.30. The van der Waals surface area contributed by atoms with Crippen molar-refractivity contribution in [2.24, 2.45) is 0 Å². The van der Waals surface area contributed by atoms with Crippen LogP contribution in [0.1, 0.15) is 48.1 Å². The van der Waals surface area contributed by atoms with Crippen LogP contribution in [0.2, 0.25) is 0 Å². The van der Waals surface area contributed by atoms with E-state index in [-0.39, 0.29) is 17.7 Å². The summed E-state index contributed by atoms with van der Waals surface area (Å²) in [7, 11) is 0. The predicted octanol–water partition coefficient (Wildman–Crippen LogP) is 4.76. The third kappa shape index (κ3) is 5.03. The van der Waals surface area contributed by atoms with Crippen LogP contribution >= 0.6 is 12.2 Å². The van der Waals surface area contributed by atoms with Gasteiger partial charge in [-0.05, 0) is 68.6 Å². The molecule has 4 rings (SSSR count). The molecule has 0 bridgehead atoms. The minimum absolute atomic E-state index is 0.0653. The molecule has 0 unspecified atom stereocenters. The molecule has 0 saturated carbocycles. The van der Waals surface area contributed by atoms with E-state index in [4.69, 9.17) is 17.0 Å². The van der Waals surface area contributed by atoms with Crippen molar-refractivity contribution in [3.63, 3.8) is 0 Å². The van der Waals surface area contributed by atoms with Gasteiger partial charge in [-0.1, -0.05) is 42.5 Å². The van der Waals surface area contributed by atoms with Crippen LogP contribution in [0.25, 0.3) is 10.9 Å². The second kappa shape index (κ2) is 9.84. The number of benzene rings is 2. The maximum atomic E-state index is 13.0. The summed E-state index contributed by atoms with van der Waals surface area (Å²) in [6, 6.07) is 16.5. The summed E-state index contributed by atoms with van der Waals surface area (Å²) in [6.07, 6.45) is 2.21. The van der Waals surface area contributed by atoms with Crippen molar-refractivity contribution in [1.29, 1.82) is 0 Å². The van der Waals surface area contributed by atoms with Crippen LogP contribution in [-0.2, 0) is 11.3 Å². The first kappa shape index (κ1) is 22.5. The van der Waals surface area contributed by atoms with Crippen molar-refractivity contribution in [1.82, 2.24) is 15.2 Å². The number of thiocarbonyl (C=S) groups is 1. The lowest BCUT2D eigenvalue weighted by Crippen LogP contribution is -2.44. The Balaban J connectivity index is 1.60. The van der Waals surface area contributed by atoms with Crippen LogP contribution in [-0.4, -0.2) is 34.3 Å². The quantitative estimate of drug-likeness (QED) is 0.532. The number of aromatic amines is 1. The number of hydrogen-bond donors (Lipinski definition) is 2. The maximum Gasteiger partial charge on any atom is 0.253 e. The molecule has 1 aromatic heterocycles. The summed E-state index contributed by atoms with van der Waals surface area (Å²) in [6.45, 7) is 8.07. The minimum Gasteiger partial charge on any atom is -0.376 e. The molecule has 1 aliphatic rings. The van der Waals surface area contributed by atoms with Gasteiger partial charge in [0.15, 0.2) is 5.11 Å². The molecule has 2 heterocycles. The third-order valence-electron chi connectivity index (χ3n) is 6.26. The lowest BCUT2D eigenvalue weighted by molar-refractivity contribution is 0.0895. The van der Waals surface area contributed by atoms with Gasteiger partial charge in [0.1, 0.15) is 0 Å². The number of rotatable bonds is 6. The summed E-state index contributed by atoms with van der Waals surface area (Å²) in [5, 5.41) is 5.17. The smallest absolute Gasteiger partial charge is 0.253 e. The van der Waals surface area contributed by atoms with E-state index in [0.717, 1.165) is 41.5 Å². The fourth-order valence-corrected chi connectivity index (χ4v) is 4.61. The van der Waals surface area contributed by atoms with E-state index in [9.17, 15) is 4.79 Å². The Hall–Kier alpha value is -2.70. The molecule has 3 aromatic rings. The van der Waals surface area contributed by atoms with E-state index in [0.29, 0.717) is 23.8 Å². The van der Waals surface area contributed by atoms with Crippen molar-refractivity contribution in [3.05, 3.63) is 81.1 Å². The Morgan fingerprint density at radius 3 is 2.69 bits per heavy atom. The lowest BCUT2D eigenvalue weighted by atomic mass is 10.0. The number of aryl methyl sites for hydroxylation is 2. The van der Waals surface area contributed by atoms with E-state index in [2.05, 4.69) is 47.2 Å². The monoisotopic (exact) mass is 449 g/mol. The van der Waals surface area contributed by atoms with Gasteiger partial charge in [0.2, 0.25) is 0 Å². The number of pyridine rings is 1. The van der Waals surface area contributed by atoms with Gasteiger partial charge in [-0.15, -0.1) is 0 Å². The van der Waals surface area contributed by atoms with E-state index >= 15 is 0 Å². The molecule has 5 nitrogen and oxygen atoms in total. The number of nitrogens with zero attached hydrogens (tertiary/aromatic N) is 1. The number of aromatic nitrogens is 1. The highest BCUT2D eigenvalue weighted by molar-refractivity contribution is 7.80. The van der Waals surface area contributed by atoms with Crippen LogP contribution in [0.3, 0.4) is 0 Å². The van der Waals surface area contributed by atoms with Gasteiger partial charge >= 0.3 is 0 Å². The van der Waals surface area contributed by atoms with Gasteiger partial charge in [-0.3, -0.25) is 4.79 Å². The highest BCUT2D eigenvalue weighted by atomic mass is 32.1. The highest BCUT2D eigenvalue weighted by Crippen LogP contribution is 2.21. The number of fused-ring (bicyclic) bond motifs is 1. The number of nitrogens with one attached hydrogen (secondary N) is 2. The van der Waals surface area contributed by atoms with Crippen LogP contribution in [0.15, 0.2) is 53.3 Å². The van der Waals surface area contributed by atoms with Gasteiger partial charge in [0.05, 0.1) is 24.2 Å². The molecule has 2 aromatic carbocycles. The Morgan fingerprint density at radius 2 is 1.97 bits per heavy atom. The molecule has 168 valence electrons. The second-order valence-corrected chi connectivity index (χ2v) is 9.10. The van der Waals surface area contributed by atoms with Crippen LogP contribution < -0.4 is 10.9 Å². The van der Waals surface area contributed by atoms with Gasteiger partial charge in [-0.25, -0.2) is 0 Å². The molecule has 1 saturated heterocycles. The zero-order valence-electron chi connectivity index (χ0n) is 19.0. The average molecular weight is 450 g/mol. The molecule has 32 heavy (non-hydrogen) atoms. The summed E-state index contributed by atoms with van der Waals surface area (Å²) >= 11 is 5.82. The minimum atomic E-state index is -0.0672. The Morgan fingerprint density at radius 1 is 1.22 bits per heavy atom. The van der Waals surface area contributed by atoms with Gasteiger partial charge in [0, 0.05) is 24.1 Å². The zero-order chi connectivity index (χ0) is 22.7. The van der Waals surface area contributed by atoms with Gasteiger partial charge < -0.3 is 19.9 Å². The van der Waals surface area contributed by atoms with Crippen LogP contribution in [0.4, 0.5) is 0 Å². The first-order valence-corrected chi connectivity index (χ1v) is 11.7. The molecule has 0 radical (unpaired) electrons. The molecule has 6 heteroatoms. The number of hydrogen-bond acceptors (Lipinski definition) is 3. The summed E-state index contributed by atoms with van der Waals surface area (Å²) in [5.74, 6) is 0. The van der Waals surface area contributed by atoms with Crippen LogP contribution in [0, 0.1) is 13.8 Å². The van der Waals surface area contributed by atoms with E-state index in [1.54, 1.807) is 0 Å². The molecule has 0 spiro atoms. The van der Waals surface area contributed by atoms with E-state index < -0.39 is 0 Å². The summed E-state index contributed by atoms with van der Waals surface area (Å²) in [5.41, 5.74) is 4.93. The molecular formula is C26H31N3O2S. The largest absolute Gasteiger partial charge is 0.376 e. The van der Waals surface area contributed by atoms with Gasteiger partial charge in [-0.2, -0.15) is 0 Å². The molecular weight excluding hydrogens is 418 g/mol. The standard InChI is InChI=1S/C26H31N3O2S/c1-17-11-12-18(2)24-23(17)14-21(25(30)28-24)15-29(16-22-10-7-13-31-22)26(32)27-19(3)20-8-5-4-6-9-20/h4-6,8-9,11-12,14,19,22H,7,10,13,15-16H2,1-3H3,(H,27,32)(H,28,30)/t19-,22+/m0/s1. The van der Waals surface area contributed by atoms with Crippen molar-refractivity contribution < 1.29 is 4.74 Å². The molecule has 1 aliphatic heterocycles. The maximum absolute atomic E-state index is 13.0. The molecule has 0 amide bonds. The van der Waals surface area contributed by atoms with E-state index in [1.807, 2.05) is 37.3 Å². The van der Waals surface area contributed by atoms with Gasteiger partial charge in [0.25, 0.3) is 5.56 Å². The normalized spacial score (nSPS) is 16.8. The first-order chi connectivity index (χ1) is 15.4. The Bertz CT molecular complexity index is 1150. The number of ether oxygens (including phenoxy) is 1. The molecule has 2 N–H and O–H groups in total. The van der Waals surface area contributed by atoms with Crippen molar-refractivity contribution in [2.45, 2.75) is 52.3 Å². The zero-order valence-corrected chi connectivity index (χ0v) is 19.8. The molecule has 0 aliphatic carbocycles. The summed E-state index contributed by atoms with van der Waals surface area (Å²) < 4.78 is 5.88. The van der Waals surface area contributed by atoms with Crippen LogP contribution in [0.5, 0.6) is 0 Å². The Kier molecular flexibility index (Phi) is 6.92. The SMILES string of the molecule is Cc1ccc(C)c2[nH]c(=O)c(CN(C[C@H]3CCCO3)C(=S)N[C@@H](C)c3ccccc3)cc12. The van der Waals surface area contributed by atoms with Crippen molar-refractivity contribution >= 4 is 28.2 Å². The van der Waals surface area contributed by atoms with E-state index in [1.165, 1.54) is 5.56 Å². The predicted molar refractivity (Wildman–Crippen MR) is 134 cm³/mol. The Labute approximate surface area is 194 Å². The molecule has 1 fully saturated rings. The van der Waals surface area contributed by atoms with Crippen molar-refractivity contribution in [2.75, 3.05) is 13.2 Å². The molecule has 2 atom stereocenters. The topological polar surface area (TPSA) is 57.4 Å². The lowest BCUT2D eigenvalue weighted by Gasteiger charge is -2.30. The summed E-state index contributed by atoms with van der Waals surface area (Å²) in [4.78, 5) is 18.1. The highest BCUT2D eigenvalue weighted by Gasteiger charge is 2.23.